The van der Waals surface area contributed by atoms with Crippen molar-refractivity contribution in [2.24, 2.45) is 23.7 Å². The molecule has 28 heteroatoms. The molecule has 6 aromatic rings. The van der Waals surface area contributed by atoms with Gasteiger partial charge in [-0.1, -0.05) is 18.2 Å². The summed E-state index contributed by atoms with van der Waals surface area (Å²) in [4.78, 5) is 32.1. The zero-order chi connectivity index (χ0) is 67.4. The van der Waals surface area contributed by atoms with Gasteiger partial charge >= 0.3 is 19.5 Å². The van der Waals surface area contributed by atoms with Gasteiger partial charge in [0, 0.05) is 77.7 Å². The van der Waals surface area contributed by atoms with Gasteiger partial charge in [-0.05, 0) is 170 Å². The highest BCUT2D eigenvalue weighted by molar-refractivity contribution is 9.10. The highest BCUT2D eigenvalue weighted by Gasteiger charge is 2.59. The number of alkyl halides is 6. The topological polar surface area (TPSA) is 184 Å². The first kappa shape index (κ1) is 69.7. The van der Waals surface area contributed by atoms with Crippen molar-refractivity contribution >= 4 is 59.8 Å². The Morgan fingerprint density at radius 2 is 1.03 bits per heavy atom. The van der Waals surface area contributed by atoms with Crippen LogP contribution in [-0.2, 0) is 77.0 Å². The lowest BCUT2D eigenvalue weighted by molar-refractivity contribution is -0.138. The molecule has 92 heavy (non-hydrogen) atoms. The predicted octanol–water partition coefficient (Wildman–Crippen LogP) is 12.9. The van der Waals surface area contributed by atoms with Crippen LogP contribution < -0.4 is 24.4 Å². The average molecular weight is 1400 g/mol. The Morgan fingerprint density at radius 3 is 1.48 bits per heavy atom. The normalized spacial score (nSPS) is 20.5. The van der Waals surface area contributed by atoms with Crippen LogP contribution in [0.1, 0.15) is 111 Å². The molecular formula is C64H64BBrF10N2O12S2. The Labute approximate surface area is 534 Å². The smallest absolute Gasteiger partial charge is 0.493 e. The molecule has 0 bridgehead atoms. The molecule has 11 rings (SSSR count). The third-order valence-corrected chi connectivity index (χ3v) is 20.0. The van der Waals surface area contributed by atoms with Crippen molar-refractivity contribution in [1.29, 1.82) is 0 Å². The molecule has 0 radical (unpaired) electrons. The van der Waals surface area contributed by atoms with Crippen LogP contribution in [0.3, 0.4) is 0 Å². The van der Waals surface area contributed by atoms with Gasteiger partial charge in [-0.15, -0.1) is 0 Å². The number of carbonyl (C=O) groups is 2. The summed E-state index contributed by atoms with van der Waals surface area (Å²) in [6.07, 6.45) is -2.46. The predicted molar refractivity (Wildman–Crippen MR) is 323 cm³/mol. The second-order valence-electron chi connectivity index (χ2n) is 24.6. The minimum absolute atomic E-state index is 0.0179. The van der Waals surface area contributed by atoms with E-state index in [2.05, 4.69) is 25.9 Å². The van der Waals surface area contributed by atoms with Crippen LogP contribution in [-0.4, -0.2) is 93.9 Å². The summed E-state index contributed by atoms with van der Waals surface area (Å²) < 4.78 is 215. The number of nitrogens with zero attached hydrogens (tertiary/aromatic N) is 2. The van der Waals surface area contributed by atoms with Crippen molar-refractivity contribution in [3.8, 4) is 34.4 Å². The van der Waals surface area contributed by atoms with Crippen LogP contribution in [0.4, 0.5) is 43.9 Å². The molecule has 0 N–H and O–H groups in total. The van der Waals surface area contributed by atoms with Crippen LogP contribution >= 0.6 is 15.9 Å². The molecule has 3 heterocycles. The zero-order valence-corrected chi connectivity index (χ0v) is 54.2. The summed E-state index contributed by atoms with van der Waals surface area (Å²) in [7, 11) is -7.01. The van der Waals surface area contributed by atoms with Gasteiger partial charge in [-0.25, -0.2) is 44.4 Å². The molecule has 4 aromatic carbocycles. The number of hydrogen-bond acceptors (Lipinski definition) is 14. The lowest BCUT2D eigenvalue weighted by atomic mass is 9.78. The van der Waals surface area contributed by atoms with Crippen molar-refractivity contribution in [1.82, 2.24) is 9.97 Å². The van der Waals surface area contributed by atoms with E-state index in [0.29, 0.717) is 41.8 Å². The fraction of sp³-hybridized carbons (Fsp3) is 0.438. The molecular weight excluding hydrogens is 1330 g/mol. The van der Waals surface area contributed by atoms with E-state index in [1.165, 1.54) is 11.6 Å². The van der Waals surface area contributed by atoms with E-state index in [-0.39, 0.29) is 115 Å². The minimum atomic E-state index is -4.97. The molecule has 5 aliphatic rings. The number of ketones is 2. The Balaban J connectivity index is 0.000000173. The standard InChI is InChI=1S/C29H26F5NO5S.C24H27BFNO4.C11H11BrF4O3S/c1-15(36)26-20-9-17-10-25(35-13-21(17)28(20)26)40-14-18-8-16(4-5-23(18)30)27-22(29(32,33)34)11-19(12-24(27)31)39-6-3-7-41(2,37)38;1-13(28)21-17-9-14-10-20(27-11-18(14)22(17)21)29-12-15-8-16(6-7-19(15)26)25-30-23(2,3)24(4,5)31-25;1-20(17,18)4-2-3-19-7-5-8(11(14,15)16)10(12)9(13)6-7/h4-5,8,10-13,20,26,28H,3,6-7,9,14H2,1-2H3;6-8,10-11,17,21-22H,9,12H2,1-5H3;5-6H,2-4H2,1H3/t20-,26-,28+;17-,21-,22+;/m00./s1. The third-order valence-electron chi connectivity index (χ3n) is 17.1. The van der Waals surface area contributed by atoms with Gasteiger partial charge in [0.15, 0.2) is 0 Å². The monoisotopic (exact) mass is 1400 g/mol. The number of aromatic nitrogens is 2. The average Bonchev–Trinajstić information content (AvgIpc) is 1.56. The first-order chi connectivity index (χ1) is 42.8. The first-order valence-corrected chi connectivity index (χ1v) is 34.0. The Morgan fingerprint density at radius 1 is 0.598 bits per heavy atom. The number of sulfone groups is 2. The number of benzene rings is 4. The Bertz CT molecular complexity index is 4050. The van der Waals surface area contributed by atoms with E-state index in [9.17, 15) is 65.9 Å². The highest BCUT2D eigenvalue weighted by atomic mass is 79.9. The summed E-state index contributed by atoms with van der Waals surface area (Å²) in [5, 5.41) is 0. The number of hydrogen-bond donors (Lipinski definition) is 0. The van der Waals surface area contributed by atoms with Gasteiger partial charge in [0.05, 0.1) is 51.5 Å². The molecule has 2 saturated carbocycles. The van der Waals surface area contributed by atoms with E-state index >= 15 is 4.39 Å². The maximum absolute atomic E-state index is 15.1. The maximum atomic E-state index is 15.1. The molecule has 0 spiro atoms. The van der Waals surface area contributed by atoms with E-state index in [1.807, 2.05) is 40.0 Å². The number of Topliss-reactive ketones (excluding diaryl/α,β-unsaturated/α-hetero) is 2. The molecule has 3 fully saturated rings. The van der Waals surface area contributed by atoms with E-state index < -0.39 is 94.7 Å². The molecule has 1 saturated heterocycles. The zero-order valence-electron chi connectivity index (χ0n) is 51.0. The molecule has 1 aliphatic heterocycles. The lowest BCUT2D eigenvalue weighted by Crippen LogP contribution is -2.41. The number of pyridine rings is 2. The molecule has 2 aromatic heterocycles. The number of halogens is 11. The Hall–Kier alpha value is -6.62. The van der Waals surface area contributed by atoms with Crippen molar-refractivity contribution in [3.05, 3.63) is 157 Å². The SMILES string of the molecule is CC(=O)[C@H]1[C@@H]2Cc3cc(OCc4cc(-c5c(F)cc(OCCCS(C)(=O)=O)cc5C(F)(F)F)ccc4F)ncc3[C@@H]21.CC(=O)[C@H]1[C@@H]2Cc3cc(OCc4cc(B5OC(C)(C)C(C)(C)O5)ccc4F)ncc3[C@@H]21.CS(=O)(=O)CCCOc1cc(F)c(Br)c(C(F)(F)F)c1. The van der Waals surface area contributed by atoms with Gasteiger partial charge in [0.2, 0.25) is 11.8 Å². The van der Waals surface area contributed by atoms with Gasteiger partial charge in [-0.2, -0.15) is 26.3 Å². The number of rotatable bonds is 20. The summed E-state index contributed by atoms with van der Waals surface area (Å²) >= 11 is 2.53. The number of carbonyl (C=O) groups excluding carboxylic acids is 2. The second kappa shape index (κ2) is 26.6. The minimum Gasteiger partial charge on any atom is -0.493 e. The fourth-order valence-corrected chi connectivity index (χ4v) is 13.6. The van der Waals surface area contributed by atoms with Gasteiger partial charge in [-0.3, -0.25) is 9.59 Å². The molecule has 14 nitrogen and oxygen atoms in total. The van der Waals surface area contributed by atoms with E-state index in [0.717, 1.165) is 71.4 Å². The van der Waals surface area contributed by atoms with Crippen molar-refractivity contribution in [2.75, 3.05) is 37.2 Å². The van der Waals surface area contributed by atoms with E-state index in [4.69, 9.17) is 28.3 Å². The fourth-order valence-electron chi connectivity index (χ4n) is 11.8. The largest absolute Gasteiger partial charge is 0.494 e. The van der Waals surface area contributed by atoms with Gasteiger partial charge in [0.1, 0.15) is 79.2 Å². The van der Waals surface area contributed by atoms with Crippen molar-refractivity contribution in [2.45, 2.75) is 116 Å². The number of fused-ring (bicyclic) bond motifs is 6. The van der Waals surface area contributed by atoms with Crippen LogP contribution in [0.15, 0.2) is 89.7 Å². The van der Waals surface area contributed by atoms with Gasteiger partial charge in [0.25, 0.3) is 0 Å². The van der Waals surface area contributed by atoms with Crippen LogP contribution in [0.5, 0.6) is 23.3 Å². The van der Waals surface area contributed by atoms with Crippen LogP contribution in [0, 0.1) is 46.9 Å². The molecule has 6 atom stereocenters. The van der Waals surface area contributed by atoms with Gasteiger partial charge < -0.3 is 28.3 Å². The van der Waals surface area contributed by atoms with Crippen LogP contribution in [0.2, 0.25) is 0 Å². The van der Waals surface area contributed by atoms with Crippen LogP contribution in [0.25, 0.3) is 11.1 Å². The summed E-state index contributed by atoms with van der Waals surface area (Å²) in [6.45, 7) is 10.6. The lowest BCUT2D eigenvalue weighted by Gasteiger charge is -2.32. The molecule has 0 unspecified atom stereocenters. The second-order valence-corrected chi connectivity index (χ2v) is 29.9. The number of ether oxygens (including phenoxy) is 4. The third kappa shape index (κ3) is 16.3. The summed E-state index contributed by atoms with van der Waals surface area (Å²) in [6, 6.07) is 14.4. The van der Waals surface area contributed by atoms with Crippen molar-refractivity contribution in [3.63, 3.8) is 0 Å². The van der Waals surface area contributed by atoms with E-state index in [1.54, 1.807) is 38.2 Å². The maximum Gasteiger partial charge on any atom is 0.494 e. The summed E-state index contributed by atoms with van der Waals surface area (Å²) in [5.74, 6) is -2.09. The Kier molecular flexibility index (Phi) is 20.2. The molecule has 4 aliphatic carbocycles. The first-order valence-electron chi connectivity index (χ1n) is 29.1. The van der Waals surface area contributed by atoms with Crippen molar-refractivity contribution < 1.29 is 98.6 Å². The highest BCUT2D eigenvalue weighted by Crippen LogP contribution is 2.63. The summed E-state index contributed by atoms with van der Waals surface area (Å²) in [5.41, 5.74) is 0.998. The molecule has 494 valence electrons. The quantitative estimate of drug-likeness (QED) is 0.0399. The molecule has 0 amide bonds.